The summed E-state index contributed by atoms with van der Waals surface area (Å²) in [5.41, 5.74) is 3.33. The van der Waals surface area contributed by atoms with Crippen LogP contribution in [0.5, 0.6) is 0 Å². The van der Waals surface area contributed by atoms with Gasteiger partial charge in [0.2, 0.25) is 5.91 Å². The summed E-state index contributed by atoms with van der Waals surface area (Å²) in [7, 11) is 0. The van der Waals surface area contributed by atoms with Gasteiger partial charge in [0.15, 0.2) is 0 Å². The molecule has 1 aromatic heterocycles. The van der Waals surface area contributed by atoms with E-state index in [1.807, 2.05) is 30.5 Å². The molecule has 0 radical (unpaired) electrons. The molecule has 0 aliphatic carbocycles. The number of carbonyl (C=O) groups is 1. The third-order valence-electron chi connectivity index (χ3n) is 6.97. The summed E-state index contributed by atoms with van der Waals surface area (Å²) in [4.78, 5) is 19.0. The van der Waals surface area contributed by atoms with Crippen LogP contribution in [0.4, 0.5) is 5.69 Å². The lowest BCUT2D eigenvalue weighted by atomic mass is 9.91. The predicted molar refractivity (Wildman–Crippen MR) is 126 cm³/mol. The second-order valence-corrected chi connectivity index (χ2v) is 9.64. The monoisotopic (exact) mass is 454 g/mol. The van der Waals surface area contributed by atoms with Crippen LogP contribution in [0.15, 0.2) is 42.7 Å². The number of amides is 1. The van der Waals surface area contributed by atoms with Gasteiger partial charge in [-0.1, -0.05) is 36.6 Å². The van der Waals surface area contributed by atoms with Crippen molar-refractivity contribution in [3.63, 3.8) is 0 Å². The molecular formula is C25H31ClN4O2. The van der Waals surface area contributed by atoms with Crippen molar-refractivity contribution in [1.29, 1.82) is 0 Å². The maximum absolute atomic E-state index is 12.4. The van der Waals surface area contributed by atoms with Crippen LogP contribution in [0.25, 0.3) is 0 Å². The van der Waals surface area contributed by atoms with Crippen molar-refractivity contribution in [2.75, 3.05) is 25.0 Å². The first-order chi connectivity index (χ1) is 15.7. The number of hydrogen-bond acceptors (Lipinski definition) is 5. The van der Waals surface area contributed by atoms with Gasteiger partial charge in [-0.3, -0.25) is 14.7 Å². The Morgan fingerprint density at radius 3 is 2.94 bits per heavy atom. The van der Waals surface area contributed by atoms with Crippen LogP contribution in [0, 0.1) is 5.92 Å². The lowest BCUT2D eigenvalue weighted by Gasteiger charge is -2.31. The minimum Gasteiger partial charge on any atom is -0.373 e. The van der Waals surface area contributed by atoms with Crippen LogP contribution in [0.3, 0.4) is 0 Å². The van der Waals surface area contributed by atoms with E-state index in [1.54, 1.807) is 6.20 Å². The minimum absolute atomic E-state index is 0.0909. The van der Waals surface area contributed by atoms with Crippen LogP contribution in [-0.2, 0) is 16.0 Å². The van der Waals surface area contributed by atoms with Gasteiger partial charge < -0.3 is 15.4 Å². The maximum atomic E-state index is 12.4. The van der Waals surface area contributed by atoms with Crippen molar-refractivity contribution in [3.8, 4) is 0 Å². The van der Waals surface area contributed by atoms with E-state index in [1.165, 1.54) is 24.8 Å². The third-order valence-corrected chi connectivity index (χ3v) is 7.20. The number of benzene rings is 1. The second kappa shape index (κ2) is 9.77. The first-order valence-corrected chi connectivity index (χ1v) is 12.2. The van der Waals surface area contributed by atoms with Crippen molar-refractivity contribution in [2.45, 2.75) is 56.9 Å². The number of fused-ring (bicyclic) bond motifs is 1. The molecule has 2 fully saturated rings. The number of rotatable bonds is 8. The average molecular weight is 455 g/mol. The first-order valence-electron chi connectivity index (χ1n) is 11.8. The van der Waals surface area contributed by atoms with E-state index in [0.717, 1.165) is 61.1 Å². The van der Waals surface area contributed by atoms with Crippen molar-refractivity contribution in [1.82, 2.24) is 15.2 Å². The van der Waals surface area contributed by atoms with E-state index in [0.29, 0.717) is 0 Å². The molecule has 5 rings (SSSR count). The highest BCUT2D eigenvalue weighted by Gasteiger charge is 2.45. The number of epoxide rings is 1. The quantitative estimate of drug-likeness (QED) is 0.463. The van der Waals surface area contributed by atoms with Gasteiger partial charge in [-0.15, -0.1) is 0 Å². The van der Waals surface area contributed by atoms with E-state index in [2.05, 4.69) is 26.6 Å². The van der Waals surface area contributed by atoms with E-state index in [9.17, 15) is 4.79 Å². The molecule has 32 heavy (non-hydrogen) atoms. The van der Waals surface area contributed by atoms with Crippen molar-refractivity contribution in [2.24, 2.45) is 5.92 Å². The summed E-state index contributed by atoms with van der Waals surface area (Å²) in [6, 6.07) is 9.77. The Hall–Kier alpha value is -2.15. The summed E-state index contributed by atoms with van der Waals surface area (Å²) < 4.78 is 5.95. The van der Waals surface area contributed by atoms with Gasteiger partial charge in [-0.05, 0) is 54.5 Å². The Morgan fingerprint density at radius 2 is 2.12 bits per heavy atom. The summed E-state index contributed by atoms with van der Waals surface area (Å²) in [5, 5.41) is 7.16. The Morgan fingerprint density at radius 1 is 1.25 bits per heavy atom. The molecular weight excluding hydrogens is 424 g/mol. The molecule has 2 aromatic rings. The molecule has 0 bridgehead atoms. The maximum Gasteiger partial charge on any atom is 0.242 e. The fraction of sp³-hybridized carbons (Fsp3) is 0.520. The molecule has 7 heteroatoms. The highest BCUT2D eigenvalue weighted by molar-refractivity contribution is 6.30. The molecule has 4 heterocycles. The van der Waals surface area contributed by atoms with Gasteiger partial charge in [0.25, 0.3) is 0 Å². The highest BCUT2D eigenvalue weighted by atomic mass is 35.5. The van der Waals surface area contributed by atoms with Gasteiger partial charge >= 0.3 is 0 Å². The number of unbranched alkanes of at least 4 members (excludes halogenated alkanes) is 1. The average Bonchev–Trinajstić information content (AvgIpc) is 3.49. The predicted octanol–water partition coefficient (Wildman–Crippen LogP) is 4.17. The molecule has 6 nitrogen and oxygen atoms in total. The zero-order chi connectivity index (χ0) is 21.9. The summed E-state index contributed by atoms with van der Waals surface area (Å²) in [6.45, 7) is 2.96. The Balaban J connectivity index is 0.948. The molecule has 170 valence electrons. The number of halogens is 1. The highest BCUT2D eigenvalue weighted by Crippen LogP contribution is 2.43. The molecule has 3 unspecified atom stereocenters. The van der Waals surface area contributed by atoms with Crippen molar-refractivity contribution >= 4 is 23.2 Å². The van der Waals surface area contributed by atoms with E-state index in [-0.39, 0.29) is 24.3 Å². The number of nitrogens with zero attached hydrogens (tertiary/aromatic N) is 2. The number of likely N-dealkylation sites (tertiary alicyclic amines) is 1. The normalized spacial score (nSPS) is 25.2. The number of piperidine rings is 1. The number of ether oxygens (including phenoxy) is 1. The molecule has 1 aromatic carbocycles. The molecule has 3 aliphatic rings. The SMILES string of the molecule is O=C(NCCCCC1CCN(C2OC2c2cccc(Cl)c2)CC1)C1Cc2cnccc2N1. The topological polar surface area (TPSA) is 69.8 Å². The number of anilines is 1. The van der Waals surface area contributed by atoms with E-state index >= 15 is 0 Å². The number of carbonyl (C=O) groups excluding carboxylic acids is 1. The van der Waals surface area contributed by atoms with Gasteiger partial charge in [0.05, 0.1) is 0 Å². The van der Waals surface area contributed by atoms with E-state index in [4.69, 9.17) is 16.3 Å². The lowest BCUT2D eigenvalue weighted by Crippen LogP contribution is -2.39. The molecule has 2 N–H and O–H groups in total. The largest absolute Gasteiger partial charge is 0.373 e. The standard InChI is InChI=1S/C25H31ClN4O2/c26-20-6-3-5-18(14-20)23-25(32-23)30-12-8-17(9-13-30)4-1-2-10-28-24(31)22-15-19-16-27-11-7-21(19)29-22/h3,5-7,11,14,16-17,22-23,25,29H,1-2,4,8-10,12-13,15H2,(H,28,31). The fourth-order valence-corrected chi connectivity index (χ4v) is 5.24. The van der Waals surface area contributed by atoms with E-state index < -0.39 is 0 Å². The molecule has 3 atom stereocenters. The molecule has 1 amide bonds. The van der Waals surface area contributed by atoms with Gasteiger partial charge in [0.1, 0.15) is 18.4 Å². The summed E-state index contributed by atoms with van der Waals surface area (Å²) in [5.74, 6) is 0.872. The minimum atomic E-state index is -0.168. The van der Waals surface area contributed by atoms with Crippen LogP contribution in [0.2, 0.25) is 5.02 Å². The molecule has 0 saturated carbocycles. The second-order valence-electron chi connectivity index (χ2n) is 9.20. The van der Waals surface area contributed by atoms with Crippen molar-refractivity contribution < 1.29 is 9.53 Å². The molecule has 0 spiro atoms. The van der Waals surface area contributed by atoms with Crippen LogP contribution >= 0.6 is 11.6 Å². The van der Waals surface area contributed by atoms with Gasteiger partial charge in [0, 0.05) is 49.2 Å². The fourth-order valence-electron chi connectivity index (χ4n) is 5.05. The van der Waals surface area contributed by atoms with Gasteiger partial charge in [-0.2, -0.15) is 0 Å². The van der Waals surface area contributed by atoms with Gasteiger partial charge in [-0.25, -0.2) is 0 Å². The van der Waals surface area contributed by atoms with Crippen LogP contribution in [0.1, 0.15) is 49.3 Å². The smallest absolute Gasteiger partial charge is 0.242 e. The summed E-state index contributed by atoms with van der Waals surface area (Å²) in [6.07, 6.45) is 10.6. The Kier molecular flexibility index (Phi) is 6.62. The number of aromatic nitrogens is 1. The lowest BCUT2D eigenvalue weighted by molar-refractivity contribution is -0.121. The zero-order valence-electron chi connectivity index (χ0n) is 18.3. The van der Waals surface area contributed by atoms with Crippen molar-refractivity contribution in [3.05, 3.63) is 58.9 Å². The first kappa shape index (κ1) is 21.7. The molecule has 2 saturated heterocycles. The molecule has 3 aliphatic heterocycles. The number of pyridine rings is 1. The number of nitrogens with one attached hydrogen (secondary N) is 2. The van der Waals surface area contributed by atoms with Crippen LogP contribution < -0.4 is 10.6 Å². The Bertz CT molecular complexity index is 922. The zero-order valence-corrected chi connectivity index (χ0v) is 19.1. The summed E-state index contributed by atoms with van der Waals surface area (Å²) >= 11 is 6.11. The number of hydrogen-bond donors (Lipinski definition) is 2. The third kappa shape index (κ3) is 5.08. The van der Waals surface area contributed by atoms with Crippen LogP contribution in [-0.4, -0.2) is 47.7 Å². The Labute approximate surface area is 194 Å².